The van der Waals surface area contributed by atoms with Crippen molar-refractivity contribution in [2.75, 3.05) is 6.54 Å². The van der Waals surface area contributed by atoms with Crippen molar-refractivity contribution in [3.05, 3.63) is 33.8 Å². The van der Waals surface area contributed by atoms with Crippen LogP contribution in [-0.4, -0.2) is 28.6 Å². The highest BCUT2D eigenvalue weighted by molar-refractivity contribution is 9.10. The number of halogens is 1. The van der Waals surface area contributed by atoms with Crippen molar-refractivity contribution in [2.24, 2.45) is 0 Å². The van der Waals surface area contributed by atoms with Crippen molar-refractivity contribution in [3.8, 4) is 0 Å². The fourth-order valence-corrected chi connectivity index (χ4v) is 3.15. The zero-order valence-electron chi connectivity index (χ0n) is 10.5. The molecule has 0 aliphatic carbocycles. The molecule has 3 nitrogen and oxygen atoms in total. The van der Waals surface area contributed by atoms with Crippen LogP contribution in [0.1, 0.15) is 30.4 Å². The van der Waals surface area contributed by atoms with E-state index < -0.39 is 5.97 Å². The number of carbonyl (C=O) groups is 1. The second-order valence-corrected chi connectivity index (χ2v) is 5.81. The van der Waals surface area contributed by atoms with Crippen molar-refractivity contribution < 1.29 is 9.90 Å². The van der Waals surface area contributed by atoms with Gasteiger partial charge in [-0.2, -0.15) is 0 Å². The molecule has 4 heteroatoms. The highest BCUT2D eigenvalue weighted by Gasteiger charge is 2.26. The maximum Gasteiger partial charge on any atom is 0.304 e. The summed E-state index contributed by atoms with van der Waals surface area (Å²) in [6, 6.07) is 6.52. The summed E-state index contributed by atoms with van der Waals surface area (Å²) in [6.45, 7) is 3.90. The van der Waals surface area contributed by atoms with Crippen LogP contribution in [0.4, 0.5) is 0 Å². The molecule has 1 N–H and O–H groups in total. The minimum Gasteiger partial charge on any atom is -0.481 e. The lowest BCUT2D eigenvalue weighted by Gasteiger charge is -2.23. The van der Waals surface area contributed by atoms with Crippen LogP contribution >= 0.6 is 15.9 Å². The Morgan fingerprint density at radius 3 is 3.00 bits per heavy atom. The van der Waals surface area contributed by atoms with Gasteiger partial charge in [0.25, 0.3) is 0 Å². The topological polar surface area (TPSA) is 40.5 Å². The van der Waals surface area contributed by atoms with Crippen LogP contribution in [0.15, 0.2) is 22.7 Å². The van der Waals surface area contributed by atoms with Gasteiger partial charge in [-0.25, -0.2) is 0 Å². The van der Waals surface area contributed by atoms with E-state index in [9.17, 15) is 4.79 Å². The lowest BCUT2D eigenvalue weighted by atomic mass is 10.1. The Morgan fingerprint density at radius 2 is 2.33 bits per heavy atom. The molecule has 0 amide bonds. The highest BCUT2D eigenvalue weighted by atomic mass is 79.9. The molecule has 1 aromatic rings. The highest BCUT2D eigenvalue weighted by Crippen LogP contribution is 2.26. The maximum atomic E-state index is 10.8. The van der Waals surface area contributed by atoms with Crippen LogP contribution in [0.25, 0.3) is 0 Å². The molecule has 0 aromatic heterocycles. The SMILES string of the molecule is Cc1ccc(CN2CCCC2CC(=O)O)c(Br)c1. The predicted octanol–water partition coefficient (Wildman–Crippen LogP) is 3.20. The van der Waals surface area contributed by atoms with E-state index >= 15 is 0 Å². The van der Waals surface area contributed by atoms with Crippen LogP contribution in [0.3, 0.4) is 0 Å². The summed E-state index contributed by atoms with van der Waals surface area (Å²) >= 11 is 3.58. The molecule has 1 aromatic carbocycles. The zero-order chi connectivity index (χ0) is 13.1. The lowest BCUT2D eigenvalue weighted by Crippen LogP contribution is -2.30. The van der Waals surface area contributed by atoms with Crippen molar-refractivity contribution in [1.82, 2.24) is 4.90 Å². The average molecular weight is 312 g/mol. The molecule has 1 unspecified atom stereocenters. The fourth-order valence-electron chi connectivity index (χ4n) is 2.54. The van der Waals surface area contributed by atoms with Gasteiger partial charge in [-0.1, -0.05) is 28.1 Å². The van der Waals surface area contributed by atoms with Crippen molar-refractivity contribution >= 4 is 21.9 Å². The summed E-state index contributed by atoms with van der Waals surface area (Å²) in [4.78, 5) is 13.1. The number of hydrogen-bond acceptors (Lipinski definition) is 2. The van der Waals surface area contributed by atoms with E-state index in [1.165, 1.54) is 11.1 Å². The summed E-state index contributed by atoms with van der Waals surface area (Å²) in [5.41, 5.74) is 2.46. The van der Waals surface area contributed by atoms with Gasteiger partial charge in [0.1, 0.15) is 0 Å². The molecule has 1 aliphatic rings. The number of aryl methyl sites for hydroxylation is 1. The summed E-state index contributed by atoms with van der Waals surface area (Å²) in [7, 11) is 0. The monoisotopic (exact) mass is 311 g/mol. The lowest BCUT2D eigenvalue weighted by molar-refractivity contribution is -0.138. The molecule has 1 atom stereocenters. The van der Waals surface area contributed by atoms with Gasteiger partial charge in [0, 0.05) is 17.1 Å². The van der Waals surface area contributed by atoms with E-state index in [0.717, 1.165) is 30.4 Å². The number of aliphatic carboxylic acids is 1. The third-order valence-corrected chi connectivity index (χ3v) is 4.23. The van der Waals surface area contributed by atoms with Gasteiger partial charge in [-0.3, -0.25) is 9.69 Å². The van der Waals surface area contributed by atoms with Crippen molar-refractivity contribution in [2.45, 2.75) is 38.8 Å². The van der Waals surface area contributed by atoms with E-state index in [-0.39, 0.29) is 12.5 Å². The standard InChI is InChI=1S/C14H18BrNO2/c1-10-4-5-11(13(15)7-10)9-16-6-2-3-12(16)8-14(17)18/h4-5,7,12H,2-3,6,8-9H2,1H3,(H,17,18). The van der Waals surface area contributed by atoms with Crippen LogP contribution in [0.5, 0.6) is 0 Å². The Labute approximate surface area is 116 Å². The summed E-state index contributed by atoms with van der Waals surface area (Å²) < 4.78 is 1.11. The number of benzene rings is 1. The third kappa shape index (κ3) is 3.33. The number of hydrogen-bond donors (Lipinski definition) is 1. The predicted molar refractivity (Wildman–Crippen MR) is 74.6 cm³/mol. The number of nitrogens with zero attached hydrogens (tertiary/aromatic N) is 1. The average Bonchev–Trinajstić information content (AvgIpc) is 2.69. The normalized spacial score (nSPS) is 20.2. The molecule has 0 saturated carbocycles. The molecule has 1 heterocycles. The minimum absolute atomic E-state index is 0.190. The molecule has 2 rings (SSSR count). The van der Waals surface area contributed by atoms with Crippen molar-refractivity contribution in [1.29, 1.82) is 0 Å². The molecule has 0 spiro atoms. The number of carboxylic acids is 1. The fraction of sp³-hybridized carbons (Fsp3) is 0.500. The van der Waals surface area contributed by atoms with Gasteiger partial charge in [-0.05, 0) is 43.5 Å². The first kappa shape index (κ1) is 13.6. The molecule has 0 bridgehead atoms. The molecule has 1 saturated heterocycles. The summed E-state index contributed by atoms with van der Waals surface area (Å²) in [6.07, 6.45) is 2.35. The number of carboxylic acid groups (broad SMARTS) is 1. The summed E-state index contributed by atoms with van der Waals surface area (Å²) in [5.74, 6) is -0.699. The minimum atomic E-state index is -0.699. The Kier molecular flexibility index (Phi) is 4.40. The van der Waals surface area contributed by atoms with Crippen LogP contribution in [-0.2, 0) is 11.3 Å². The van der Waals surface area contributed by atoms with Gasteiger partial charge < -0.3 is 5.11 Å². The zero-order valence-corrected chi connectivity index (χ0v) is 12.1. The van der Waals surface area contributed by atoms with Crippen LogP contribution in [0.2, 0.25) is 0 Å². The Morgan fingerprint density at radius 1 is 1.56 bits per heavy atom. The van der Waals surface area contributed by atoms with Gasteiger partial charge in [0.05, 0.1) is 6.42 Å². The number of likely N-dealkylation sites (tertiary alicyclic amines) is 1. The van der Waals surface area contributed by atoms with Crippen LogP contribution < -0.4 is 0 Å². The molecular formula is C14H18BrNO2. The largest absolute Gasteiger partial charge is 0.481 e. The molecular weight excluding hydrogens is 294 g/mol. The van der Waals surface area contributed by atoms with Crippen LogP contribution in [0, 0.1) is 6.92 Å². The van der Waals surface area contributed by atoms with E-state index in [2.05, 4.69) is 46.0 Å². The van der Waals surface area contributed by atoms with E-state index in [1.54, 1.807) is 0 Å². The van der Waals surface area contributed by atoms with Gasteiger partial charge in [-0.15, -0.1) is 0 Å². The Balaban J connectivity index is 2.05. The maximum absolute atomic E-state index is 10.8. The van der Waals surface area contributed by atoms with E-state index in [1.807, 2.05) is 0 Å². The molecule has 18 heavy (non-hydrogen) atoms. The van der Waals surface area contributed by atoms with Gasteiger partial charge >= 0.3 is 5.97 Å². The quantitative estimate of drug-likeness (QED) is 0.928. The Bertz CT molecular complexity index is 447. The molecule has 0 radical (unpaired) electrons. The second kappa shape index (κ2) is 5.85. The van der Waals surface area contributed by atoms with E-state index in [0.29, 0.717) is 0 Å². The Hall–Kier alpha value is -0.870. The first-order chi connectivity index (χ1) is 8.56. The van der Waals surface area contributed by atoms with E-state index in [4.69, 9.17) is 5.11 Å². The molecule has 1 aliphatic heterocycles. The first-order valence-corrected chi connectivity index (χ1v) is 7.06. The second-order valence-electron chi connectivity index (χ2n) is 4.96. The first-order valence-electron chi connectivity index (χ1n) is 6.27. The summed E-state index contributed by atoms with van der Waals surface area (Å²) in [5, 5.41) is 8.91. The third-order valence-electron chi connectivity index (χ3n) is 3.49. The molecule has 1 fully saturated rings. The number of rotatable bonds is 4. The smallest absolute Gasteiger partial charge is 0.304 e. The van der Waals surface area contributed by atoms with Crippen molar-refractivity contribution in [3.63, 3.8) is 0 Å². The molecule has 98 valence electrons. The van der Waals surface area contributed by atoms with Gasteiger partial charge in [0.15, 0.2) is 0 Å². The van der Waals surface area contributed by atoms with Gasteiger partial charge in [0.2, 0.25) is 0 Å².